The van der Waals surface area contributed by atoms with Gasteiger partial charge in [0, 0.05) is 17.8 Å². The van der Waals surface area contributed by atoms with E-state index in [0.29, 0.717) is 11.0 Å². The summed E-state index contributed by atoms with van der Waals surface area (Å²) < 4.78 is 13.9. The largest absolute Gasteiger partial charge is 0.504 e. The number of hydrogen-bond acceptors (Lipinski definition) is 5. The first kappa shape index (κ1) is 17.6. The van der Waals surface area contributed by atoms with Gasteiger partial charge in [0.15, 0.2) is 5.75 Å². The first-order valence-electron chi connectivity index (χ1n) is 6.54. The quantitative estimate of drug-likeness (QED) is 0.325. The number of Topliss-reactive ketones (excluding diaryl/α,β-unsaturated/α-hetero) is 1. The Hall–Kier alpha value is -1.80. The lowest BCUT2D eigenvalue weighted by Crippen LogP contribution is -2.19. The van der Waals surface area contributed by atoms with Gasteiger partial charge >= 0.3 is 0 Å². The number of hydrogen-bond donors (Lipinski definition) is 2. The molecule has 23 heavy (non-hydrogen) atoms. The van der Waals surface area contributed by atoms with Crippen molar-refractivity contribution in [1.82, 2.24) is 4.98 Å². The topological polar surface area (TPSA) is 88.6 Å². The van der Waals surface area contributed by atoms with E-state index < -0.39 is 11.6 Å². The molecule has 0 aliphatic heterocycles. The number of nitrogens with two attached hydrogens (primary N) is 1. The second-order valence-corrected chi connectivity index (χ2v) is 6.12. The number of anilines is 1. The Labute approximate surface area is 148 Å². The van der Waals surface area contributed by atoms with Gasteiger partial charge in [-0.1, -0.05) is 0 Å². The van der Waals surface area contributed by atoms with Crippen LogP contribution in [0, 0.1) is 5.82 Å². The normalized spacial score (nSPS) is 11.6. The molecule has 2 rings (SSSR count). The summed E-state index contributed by atoms with van der Waals surface area (Å²) in [4.78, 5) is 20.8. The molecule has 2 aromatic rings. The molecule has 1 aromatic heterocycles. The molecular formula is C15H12Br2FN3O2. The van der Waals surface area contributed by atoms with Crippen LogP contribution in [0.3, 0.4) is 0 Å². The molecule has 0 amide bonds. The van der Waals surface area contributed by atoms with Crippen LogP contribution in [-0.2, 0) is 0 Å². The Morgan fingerprint density at radius 2 is 2.09 bits per heavy atom. The monoisotopic (exact) mass is 443 g/mol. The number of pyridine rings is 1. The predicted octanol–water partition coefficient (Wildman–Crippen LogP) is 3.73. The first-order valence-corrected chi connectivity index (χ1v) is 8.13. The van der Waals surface area contributed by atoms with Crippen molar-refractivity contribution in [3.05, 3.63) is 50.4 Å². The van der Waals surface area contributed by atoms with E-state index in [4.69, 9.17) is 5.73 Å². The summed E-state index contributed by atoms with van der Waals surface area (Å²) in [6.45, 7) is 2.07. The van der Waals surface area contributed by atoms with Crippen molar-refractivity contribution in [3.8, 4) is 5.75 Å². The highest BCUT2D eigenvalue weighted by molar-refractivity contribution is 9.11. The molecule has 0 fully saturated rings. The molecule has 5 nitrogen and oxygen atoms in total. The number of carbonyl (C=O) groups is 1. The molecule has 0 saturated heterocycles. The second kappa shape index (κ2) is 7.18. The molecule has 0 aliphatic carbocycles. The summed E-state index contributed by atoms with van der Waals surface area (Å²) in [5.74, 6) is -1.17. The molecule has 0 radical (unpaired) electrons. The van der Waals surface area contributed by atoms with E-state index in [0.717, 1.165) is 6.07 Å². The molecule has 1 aromatic carbocycles. The number of aromatic nitrogens is 1. The number of nitrogen functional groups attached to an aromatic ring is 1. The fourth-order valence-corrected chi connectivity index (χ4v) is 2.96. The number of aromatic hydroxyl groups is 1. The van der Waals surface area contributed by atoms with E-state index in [-0.39, 0.29) is 33.0 Å². The highest BCUT2D eigenvalue weighted by atomic mass is 79.9. The molecule has 0 saturated carbocycles. The fraction of sp³-hybridized carbons (Fsp3) is 0.133. The third kappa shape index (κ3) is 3.76. The van der Waals surface area contributed by atoms with Crippen molar-refractivity contribution >= 4 is 49.0 Å². The summed E-state index contributed by atoms with van der Waals surface area (Å²) >= 11 is 6.21. The molecule has 8 heteroatoms. The lowest BCUT2D eigenvalue weighted by molar-refractivity contribution is 0.106. The van der Waals surface area contributed by atoms with Crippen molar-refractivity contribution in [1.29, 1.82) is 0 Å². The molecule has 120 valence electrons. The Morgan fingerprint density at radius 1 is 1.39 bits per heavy atom. The molecule has 1 heterocycles. The molecule has 0 unspecified atom stereocenters. The third-order valence-corrected chi connectivity index (χ3v) is 4.10. The SMILES string of the molecule is CCN=C(C(=O)c1cc(Br)c(O)c(Br)n1)c1cc(F)ccc1N. The van der Waals surface area contributed by atoms with Gasteiger partial charge in [0.05, 0.1) is 4.47 Å². The van der Waals surface area contributed by atoms with Crippen molar-refractivity contribution in [2.75, 3.05) is 12.3 Å². The Balaban J connectivity index is 2.57. The Bertz CT molecular complexity index is 786. The van der Waals surface area contributed by atoms with Crippen molar-refractivity contribution in [2.24, 2.45) is 4.99 Å². The Morgan fingerprint density at radius 3 is 2.70 bits per heavy atom. The van der Waals surface area contributed by atoms with Gasteiger partial charge in [-0.25, -0.2) is 9.37 Å². The minimum Gasteiger partial charge on any atom is -0.504 e. The lowest BCUT2D eigenvalue weighted by Gasteiger charge is -2.10. The van der Waals surface area contributed by atoms with Crippen LogP contribution in [0.1, 0.15) is 23.0 Å². The zero-order valence-corrected chi connectivity index (χ0v) is 15.1. The van der Waals surface area contributed by atoms with Crippen LogP contribution >= 0.6 is 31.9 Å². The van der Waals surface area contributed by atoms with Crippen LogP contribution in [0.4, 0.5) is 10.1 Å². The van der Waals surface area contributed by atoms with Crippen LogP contribution in [0.5, 0.6) is 5.75 Å². The molecule has 3 N–H and O–H groups in total. The first-order chi connectivity index (χ1) is 10.8. The van der Waals surface area contributed by atoms with E-state index in [1.807, 2.05) is 0 Å². The number of rotatable bonds is 4. The third-order valence-electron chi connectivity index (χ3n) is 2.94. The van der Waals surface area contributed by atoms with E-state index in [1.54, 1.807) is 6.92 Å². The van der Waals surface area contributed by atoms with E-state index in [2.05, 4.69) is 41.8 Å². The minimum atomic E-state index is -0.523. The summed E-state index contributed by atoms with van der Waals surface area (Å²) in [5, 5.41) is 9.68. The van der Waals surface area contributed by atoms with Gasteiger partial charge < -0.3 is 10.8 Å². The van der Waals surface area contributed by atoms with E-state index in [1.165, 1.54) is 18.2 Å². The average molecular weight is 445 g/mol. The zero-order valence-electron chi connectivity index (χ0n) is 12.0. The number of halogens is 3. The smallest absolute Gasteiger partial charge is 0.229 e. The predicted molar refractivity (Wildman–Crippen MR) is 93.5 cm³/mol. The van der Waals surface area contributed by atoms with Crippen LogP contribution in [0.25, 0.3) is 0 Å². The molecular weight excluding hydrogens is 433 g/mol. The zero-order chi connectivity index (χ0) is 17.1. The van der Waals surface area contributed by atoms with Crippen LogP contribution < -0.4 is 5.73 Å². The van der Waals surface area contributed by atoms with Gasteiger partial charge in [-0.05, 0) is 63.0 Å². The van der Waals surface area contributed by atoms with Gasteiger partial charge in [-0.15, -0.1) is 0 Å². The van der Waals surface area contributed by atoms with Gasteiger partial charge in [0.1, 0.15) is 21.8 Å². The number of nitrogens with zero attached hydrogens (tertiary/aromatic N) is 2. The van der Waals surface area contributed by atoms with Crippen LogP contribution in [-0.4, -0.2) is 28.1 Å². The summed E-state index contributed by atoms with van der Waals surface area (Å²) in [6.07, 6.45) is 0. The number of aliphatic imine (C=N–C) groups is 1. The minimum absolute atomic E-state index is 0.0153. The maximum absolute atomic E-state index is 13.5. The van der Waals surface area contributed by atoms with Crippen LogP contribution in [0.15, 0.2) is 38.3 Å². The number of benzene rings is 1. The molecule has 0 atom stereocenters. The molecule has 0 spiro atoms. The van der Waals surface area contributed by atoms with Crippen LogP contribution in [0.2, 0.25) is 0 Å². The fourth-order valence-electron chi connectivity index (χ4n) is 1.89. The number of ketones is 1. The molecule has 0 bridgehead atoms. The second-order valence-electron chi connectivity index (χ2n) is 4.51. The Kier molecular flexibility index (Phi) is 5.48. The maximum atomic E-state index is 13.5. The highest BCUT2D eigenvalue weighted by Crippen LogP contribution is 2.31. The lowest BCUT2D eigenvalue weighted by atomic mass is 10.0. The van der Waals surface area contributed by atoms with Gasteiger partial charge in [0.2, 0.25) is 5.78 Å². The maximum Gasteiger partial charge on any atom is 0.229 e. The summed E-state index contributed by atoms with van der Waals surface area (Å²) in [5.41, 5.74) is 6.34. The standard InChI is InChI=1S/C15H12Br2FN3O2/c1-2-20-12(8-5-7(18)3-4-10(8)19)14(23)11-6-9(16)13(22)15(17)21-11/h3-6,22H,2,19H2,1H3. The van der Waals surface area contributed by atoms with Crippen molar-refractivity contribution in [3.63, 3.8) is 0 Å². The van der Waals surface area contributed by atoms with E-state index >= 15 is 0 Å². The average Bonchev–Trinajstić information content (AvgIpc) is 2.51. The molecule has 0 aliphatic rings. The summed E-state index contributed by atoms with van der Waals surface area (Å²) in [6, 6.07) is 5.10. The van der Waals surface area contributed by atoms with Gasteiger partial charge in [-0.3, -0.25) is 9.79 Å². The highest BCUT2D eigenvalue weighted by Gasteiger charge is 2.22. The number of carbonyl (C=O) groups excluding carboxylic acids is 1. The van der Waals surface area contributed by atoms with E-state index in [9.17, 15) is 14.3 Å². The van der Waals surface area contributed by atoms with Gasteiger partial charge in [-0.2, -0.15) is 0 Å². The summed E-state index contributed by atoms with van der Waals surface area (Å²) in [7, 11) is 0. The van der Waals surface area contributed by atoms with Gasteiger partial charge in [0.25, 0.3) is 0 Å². The van der Waals surface area contributed by atoms with Crippen molar-refractivity contribution < 1.29 is 14.3 Å². The van der Waals surface area contributed by atoms with Crippen molar-refractivity contribution in [2.45, 2.75) is 6.92 Å².